The van der Waals surface area contributed by atoms with Crippen molar-refractivity contribution in [3.8, 4) is 0 Å². The molecule has 0 aromatic heterocycles. The molecular weight excluding hydrogens is 124 g/mol. The largest absolute Gasteiger partial charge is 0.242 e. The molecular formula is C8H16N2. The zero-order valence-corrected chi connectivity index (χ0v) is 6.61. The average Bonchev–Trinajstić information content (AvgIpc) is 1.91. The topological polar surface area (TPSA) is 47.7 Å². The molecule has 0 amide bonds. The molecule has 2 N–H and O–H groups in total. The van der Waals surface area contributed by atoms with E-state index in [0.29, 0.717) is 0 Å². The Labute approximate surface area is 62.7 Å². The molecule has 0 heterocycles. The van der Waals surface area contributed by atoms with Gasteiger partial charge in [0.25, 0.3) is 0 Å². The maximum absolute atomic E-state index is 5.62. The van der Waals surface area contributed by atoms with Gasteiger partial charge in [0, 0.05) is 0 Å². The Kier molecular flexibility index (Phi) is 6.10. The second-order valence-electron chi connectivity index (χ2n) is 2.87. The summed E-state index contributed by atoms with van der Waals surface area (Å²) < 4.78 is 0. The van der Waals surface area contributed by atoms with Gasteiger partial charge in [0.15, 0.2) is 0 Å². The summed E-state index contributed by atoms with van der Waals surface area (Å²) in [5, 5.41) is 11.2. The molecule has 2 heteroatoms. The van der Waals surface area contributed by atoms with E-state index < -0.39 is 0 Å². The summed E-state index contributed by atoms with van der Waals surface area (Å²) in [6.07, 6.45) is 7.44. The molecule has 0 saturated heterocycles. The third-order valence-electron chi connectivity index (χ3n) is 1.89. The predicted molar refractivity (Wildman–Crippen MR) is 42.7 cm³/mol. The van der Waals surface area contributed by atoms with Crippen LogP contribution in [-0.2, 0) is 0 Å². The van der Waals surface area contributed by atoms with E-state index in [1.54, 1.807) is 0 Å². The summed E-state index contributed by atoms with van der Waals surface area (Å²) in [4.78, 5) is 0. The van der Waals surface area contributed by atoms with Crippen LogP contribution in [0.3, 0.4) is 0 Å². The molecule has 1 aliphatic carbocycles. The van der Waals surface area contributed by atoms with Crippen molar-refractivity contribution >= 4 is 6.01 Å². The molecule has 0 aromatic carbocycles. The summed E-state index contributed by atoms with van der Waals surface area (Å²) >= 11 is 0. The summed E-state index contributed by atoms with van der Waals surface area (Å²) in [6, 6.07) is 1.25. The predicted octanol–water partition coefficient (Wildman–Crippen LogP) is 2.90. The number of nitrogens with one attached hydrogen (secondary N) is 2. The summed E-state index contributed by atoms with van der Waals surface area (Å²) in [6.45, 7) is 2.36. The van der Waals surface area contributed by atoms with Crippen LogP contribution in [0.25, 0.3) is 0 Å². The van der Waals surface area contributed by atoms with Crippen LogP contribution in [0, 0.1) is 16.7 Å². The summed E-state index contributed by atoms with van der Waals surface area (Å²) in [5.41, 5.74) is 0. The van der Waals surface area contributed by atoms with E-state index in [-0.39, 0.29) is 0 Å². The van der Waals surface area contributed by atoms with Crippen molar-refractivity contribution in [1.82, 2.24) is 0 Å². The van der Waals surface area contributed by atoms with Crippen LogP contribution >= 0.6 is 0 Å². The SMILES string of the molecule is CC1CCCCC1.N=C=N. The van der Waals surface area contributed by atoms with Crippen molar-refractivity contribution in [2.24, 2.45) is 5.92 Å². The molecule has 1 fully saturated rings. The van der Waals surface area contributed by atoms with Crippen molar-refractivity contribution in [2.45, 2.75) is 39.0 Å². The van der Waals surface area contributed by atoms with Gasteiger partial charge >= 0.3 is 0 Å². The van der Waals surface area contributed by atoms with Crippen LogP contribution in [-0.4, -0.2) is 6.01 Å². The highest BCUT2D eigenvalue weighted by atomic mass is 14.4. The van der Waals surface area contributed by atoms with Crippen molar-refractivity contribution in [3.63, 3.8) is 0 Å². The Hall–Kier alpha value is -0.620. The molecule has 1 rings (SSSR count). The first kappa shape index (κ1) is 9.38. The Morgan fingerprint density at radius 3 is 1.70 bits per heavy atom. The maximum atomic E-state index is 5.62. The van der Waals surface area contributed by atoms with Gasteiger partial charge in [-0.2, -0.15) is 0 Å². The van der Waals surface area contributed by atoms with Gasteiger partial charge in [0.05, 0.1) is 6.01 Å². The first-order valence-corrected chi connectivity index (χ1v) is 3.89. The van der Waals surface area contributed by atoms with Crippen LogP contribution in [0.2, 0.25) is 0 Å². The highest BCUT2D eigenvalue weighted by molar-refractivity contribution is 5.29. The summed E-state index contributed by atoms with van der Waals surface area (Å²) in [7, 11) is 0. The fourth-order valence-electron chi connectivity index (χ4n) is 1.31. The number of hydrogen-bond acceptors (Lipinski definition) is 2. The van der Waals surface area contributed by atoms with E-state index >= 15 is 0 Å². The molecule has 0 spiro atoms. The first-order valence-electron chi connectivity index (χ1n) is 3.89. The third kappa shape index (κ3) is 5.52. The van der Waals surface area contributed by atoms with E-state index in [4.69, 9.17) is 10.8 Å². The third-order valence-corrected chi connectivity index (χ3v) is 1.89. The van der Waals surface area contributed by atoms with Gasteiger partial charge < -0.3 is 0 Å². The van der Waals surface area contributed by atoms with Gasteiger partial charge in [-0.1, -0.05) is 39.0 Å². The second kappa shape index (κ2) is 6.50. The second-order valence-corrected chi connectivity index (χ2v) is 2.87. The lowest BCUT2D eigenvalue weighted by atomic mass is 9.91. The highest BCUT2D eigenvalue weighted by Gasteiger charge is 2.05. The minimum atomic E-state index is 1.04. The fourth-order valence-corrected chi connectivity index (χ4v) is 1.31. The number of rotatable bonds is 0. The molecule has 1 saturated carbocycles. The molecule has 0 radical (unpaired) electrons. The van der Waals surface area contributed by atoms with Crippen LogP contribution < -0.4 is 0 Å². The van der Waals surface area contributed by atoms with Gasteiger partial charge in [-0.3, -0.25) is 0 Å². The lowest BCUT2D eigenvalue weighted by Crippen LogP contribution is -1.99. The van der Waals surface area contributed by atoms with Crippen LogP contribution in [0.5, 0.6) is 0 Å². The molecule has 1 aliphatic rings. The fraction of sp³-hybridized carbons (Fsp3) is 0.875. The Morgan fingerprint density at radius 1 is 1.10 bits per heavy atom. The lowest BCUT2D eigenvalue weighted by Gasteiger charge is -2.15. The van der Waals surface area contributed by atoms with Crippen molar-refractivity contribution in [1.29, 1.82) is 10.8 Å². The Bertz CT molecular complexity index is 97.8. The van der Waals surface area contributed by atoms with E-state index in [1.165, 1.54) is 38.1 Å². The van der Waals surface area contributed by atoms with Gasteiger partial charge in [-0.05, 0) is 5.92 Å². The minimum absolute atomic E-state index is 1.04. The van der Waals surface area contributed by atoms with Crippen molar-refractivity contribution in [2.75, 3.05) is 0 Å². The Morgan fingerprint density at radius 2 is 1.50 bits per heavy atom. The quantitative estimate of drug-likeness (QED) is 0.486. The van der Waals surface area contributed by atoms with Crippen LogP contribution in [0.15, 0.2) is 0 Å². The van der Waals surface area contributed by atoms with Crippen LogP contribution in [0.1, 0.15) is 39.0 Å². The molecule has 0 unspecified atom stereocenters. The maximum Gasteiger partial charge on any atom is 0.0831 e. The lowest BCUT2D eigenvalue weighted by molar-refractivity contribution is 0.385. The van der Waals surface area contributed by atoms with Gasteiger partial charge in [-0.25, -0.2) is 10.8 Å². The van der Waals surface area contributed by atoms with Gasteiger partial charge in [0.1, 0.15) is 0 Å². The first-order chi connectivity index (χ1) is 4.81. The normalized spacial score (nSPS) is 18.5. The van der Waals surface area contributed by atoms with E-state index in [1.807, 2.05) is 0 Å². The molecule has 0 atom stereocenters. The van der Waals surface area contributed by atoms with Gasteiger partial charge in [0.2, 0.25) is 0 Å². The van der Waals surface area contributed by atoms with Gasteiger partial charge in [-0.15, -0.1) is 0 Å². The van der Waals surface area contributed by atoms with Crippen molar-refractivity contribution in [3.05, 3.63) is 0 Å². The molecule has 10 heavy (non-hydrogen) atoms. The molecule has 2 nitrogen and oxygen atoms in total. The van der Waals surface area contributed by atoms with E-state index in [9.17, 15) is 0 Å². The zero-order chi connectivity index (χ0) is 7.82. The molecule has 0 bridgehead atoms. The monoisotopic (exact) mass is 140 g/mol. The molecule has 58 valence electrons. The number of hydrogen-bond donors (Lipinski definition) is 2. The smallest absolute Gasteiger partial charge is 0.0831 e. The van der Waals surface area contributed by atoms with Crippen molar-refractivity contribution < 1.29 is 0 Å². The van der Waals surface area contributed by atoms with Crippen LogP contribution in [0.4, 0.5) is 0 Å². The molecule has 0 aromatic rings. The van der Waals surface area contributed by atoms with E-state index in [0.717, 1.165) is 5.92 Å². The van der Waals surface area contributed by atoms with E-state index in [2.05, 4.69) is 6.92 Å². The minimum Gasteiger partial charge on any atom is -0.242 e. The zero-order valence-electron chi connectivity index (χ0n) is 6.61. The molecule has 0 aliphatic heterocycles. The summed E-state index contributed by atoms with van der Waals surface area (Å²) in [5.74, 6) is 1.04. The average molecular weight is 140 g/mol. The Balaban J connectivity index is 0.000000236. The standard InChI is InChI=1S/C7H14.CH2N2/c1-7-5-3-2-4-6-7;2-1-3/h7H,2-6H2,1H3;2-3H. The highest BCUT2D eigenvalue weighted by Crippen LogP contribution is 2.21.